The summed E-state index contributed by atoms with van der Waals surface area (Å²) in [7, 11) is 0. The first-order valence-corrected chi connectivity index (χ1v) is 6.59. The molecule has 0 amide bonds. The molecule has 2 aromatic rings. The first-order valence-electron chi connectivity index (χ1n) is 6.59. The summed E-state index contributed by atoms with van der Waals surface area (Å²) in [5, 5.41) is 16.4. The molecule has 2 rings (SSSR count). The van der Waals surface area contributed by atoms with Crippen LogP contribution in [0.1, 0.15) is 18.9 Å². The number of rotatable bonds is 6. The number of hydrogen-bond acceptors (Lipinski definition) is 4. The standard InChI is InChI=1S/C15H18N4/c1-2-17-8-3-9-18-15-7-5-13-10-12(11-16)4-6-14(13)19-15/h4-7,10,17H,2-3,8-9H2,1H3,(H,18,19). The third-order valence-electron chi connectivity index (χ3n) is 2.90. The number of aromatic nitrogens is 1. The van der Waals surface area contributed by atoms with Crippen molar-refractivity contribution in [3.05, 3.63) is 35.9 Å². The van der Waals surface area contributed by atoms with Gasteiger partial charge in [0.05, 0.1) is 17.1 Å². The van der Waals surface area contributed by atoms with E-state index in [1.54, 1.807) is 6.07 Å². The summed E-state index contributed by atoms with van der Waals surface area (Å²) >= 11 is 0. The summed E-state index contributed by atoms with van der Waals surface area (Å²) in [6.07, 6.45) is 1.07. The lowest BCUT2D eigenvalue weighted by molar-refractivity contribution is 0.688. The first-order chi connectivity index (χ1) is 9.33. The van der Waals surface area contributed by atoms with Gasteiger partial charge in [0.25, 0.3) is 0 Å². The molecule has 4 heteroatoms. The Bertz CT molecular complexity index is 586. The Morgan fingerprint density at radius 3 is 2.89 bits per heavy atom. The molecule has 4 nitrogen and oxygen atoms in total. The van der Waals surface area contributed by atoms with E-state index >= 15 is 0 Å². The normalized spacial score (nSPS) is 10.3. The van der Waals surface area contributed by atoms with Gasteiger partial charge in [-0.1, -0.05) is 6.92 Å². The molecule has 19 heavy (non-hydrogen) atoms. The molecule has 0 aliphatic carbocycles. The number of fused-ring (bicyclic) bond motifs is 1. The van der Waals surface area contributed by atoms with Crippen molar-refractivity contribution in [2.75, 3.05) is 25.0 Å². The minimum atomic E-state index is 0.667. The molecule has 0 atom stereocenters. The summed E-state index contributed by atoms with van der Waals surface area (Å²) in [5.74, 6) is 0.883. The van der Waals surface area contributed by atoms with Crippen molar-refractivity contribution in [3.63, 3.8) is 0 Å². The molecule has 2 N–H and O–H groups in total. The van der Waals surface area contributed by atoms with Crippen LogP contribution in [0.2, 0.25) is 0 Å². The second-order valence-electron chi connectivity index (χ2n) is 4.35. The molecule has 1 heterocycles. The Balaban J connectivity index is 2.00. The van der Waals surface area contributed by atoms with Crippen LogP contribution >= 0.6 is 0 Å². The van der Waals surface area contributed by atoms with Crippen molar-refractivity contribution < 1.29 is 0 Å². The zero-order valence-corrected chi connectivity index (χ0v) is 11.1. The van der Waals surface area contributed by atoms with E-state index in [9.17, 15) is 0 Å². The third-order valence-corrected chi connectivity index (χ3v) is 2.90. The average molecular weight is 254 g/mol. The molecule has 0 saturated heterocycles. The molecule has 0 saturated carbocycles. The lowest BCUT2D eigenvalue weighted by atomic mass is 10.1. The second kappa shape index (κ2) is 6.72. The molecule has 0 spiro atoms. The predicted molar refractivity (Wildman–Crippen MR) is 78.1 cm³/mol. The molecular weight excluding hydrogens is 236 g/mol. The van der Waals surface area contributed by atoms with Gasteiger partial charge >= 0.3 is 0 Å². The molecule has 0 aliphatic heterocycles. The maximum atomic E-state index is 8.85. The Kier molecular flexibility index (Phi) is 4.71. The predicted octanol–water partition coefficient (Wildman–Crippen LogP) is 2.52. The maximum absolute atomic E-state index is 8.85. The quantitative estimate of drug-likeness (QED) is 0.778. The zero-order chi connectivity index (χ0) is 13.5. The van der Waals surface area contributed by atoms with Gasteiger partial charge in [0.2, 0.25) is 0 Å². The van der Waals surface area contributed by atoms with E-state index in [0.29, 0.717) is 5.56 Å². The molecule has 0 fully saturated rings. The summed E-state index contributed by atoms with van der Waals surface area (Å²) in [6, 6.07) is 11.6. The molecule has 0 radical (unpaired) electrons. The third kappa shape index (κ3) is 3.67. The van der Waals surface area contributed by atoms with Gasteiger partial charge in [-0.2, -0.15) is 5.26 Å². The number of benzene rings is 1. The number of pyridine rings is 1. The molecule has 1 aromatic carbocycles. The van der Waals surface area contributed by atoms with Crippen LogP contribution in [0.3, 0.4) is 0 Å². The summed E-state index contributed by atoms with van der Waals surface area (Å²) in [5.41, 5.74) is 1.58. The second-order valence-corrected chi connectivity index (χ2v) is 4.35. The summed E-state index contributed by atoms with van der Waals surface area (Å²) in [4.78, 5) is 4.53. The smallest absolute Gasteiger partial charge is 0.126 e. The number of nitrogens with one attached hydrogen (secondary N) is 2. The molecule has 98 valence electrons. The van der Waals surface area contributed by atoms with E-state index in [2.05, 4.69) is 28.6 Å². The van der Waals surface area contributed by atoms with E-state index < -0.39 is 0 Å². The van der Waals surface area contributed by atoms with Crippen LogP contribution in [-0.4, -0.2) is 24.6 Å². The highest BCUT2D eigenvalue weighted by Crippen LogP contribution is 2.16. The van der Waals surface area contributed by atoms with Gasteiger partial charge in [-0.15, -0.1) is 0 Å². The Morgan fingerprint density at radius 2 is 2.11 bits per heavy atom. The highest BCUT2D eigenvalue weighted by atomic mass is 15.0. The Hall–Kier alpha value is -2.12. The summed E-state index contributed by atoms with van der Waals surface area (Å²) < 4.78 is 0. The van der Waals surface area contributed by atoms with Crippen LogP contribution in [0.5, 0.6) is 0 Å². The van der Waals surface area contributed by atoms with Crippen LogP contribution in [0.4, 0.5) is 5.82 Å². The Morgan fingerprint density at radius 1 is 1.21 bits per heavy atom. The molecule has 1 aromatic heterocycles. The SMILES string of the molecule is CCNCCCNc1ccc2cc(C#N)ccc2n1. The van der Waals surface area contributed by atoms with Crippen LogP contribution in [0, 0.1) is 11.3 Å². The number of nitriles is 1. The maximum Gasteiger partial charge on any atom is 0.126 e. The molecule has 0 unspecified atom stereocenters. The van der Waals surface area contributed by atoms with Crippen LogP contribution in [0.15, 0.2) is 30.3 Å². The fourth-order valence-electron chi connectivity index (χ4n) is 1.90. The molecule has 0 aliphatic rings. The van der Waals surface area contributed by atoms with Gasteiger partial charge < -0.3 is 10.6 Å². The van der Waals surface area contributed by atoms with Gasteiger partial charge in [-0.3, -0.25) is 0 Å². The van der Waals surface area contributed by atoms with Crippen molar-refractivity contribution in [3.8, 4) is 6.07 Å². The highest BCUT2D eigenvalue weighted by Gasteiger charge is 1.99. The van der Waals surface area contributed by atoms with Crippen molar-refractivity contribution in [1.29, 1.82) is 5.26 Å². The van der Waals surface area contributed by atoms with Crippen LogP contribution < -0.4 is 10.6 Å². The number of nitrogens with zero attached hydrogens (tertiary/aromatic N) is 2. The largest absolute Gasteiger partial charge is 0.370 e. The van der Waals surface area contributed by atoms with Gasteiger partial charge in [0.15, 0.2) is 0 Å². The van der Waals surface area contributed by atoms with E-state index in [1.165, 1.54) is 0 Å². The van der Waals surface area contributed by atoms with Gasteiger partial charge in [-0.05, 0) is 49.8 Å². The number of hydrogen-bond donors (Lipinski definition) is 2. The van der Waals surface area contributed by atoms with Crippen molar-refractivity contribution in [2.45, 2.75) is 13.3 Å². The molecule has 0 bridgehead atoms. The van der Waals surface area contributed by atoms with Crippen molar-refractivity contribution in [2.24, 2.45) is 0 Å². The fourth-order valence-corrected chi connectivity index (χ4v) is 1.90. The topological polar surface area (TPSA) is 60.7 Å². The zero-order valence-electron chi connectivity index (χ0n) is 11.1. The average Bonchev–Trinajstić information content (AvgIpc) is 2.46. The van der Waals surface area contributed by atoms with Gasteiger partial charge in [0, 0.05) is 11.9 Å². The van der Waals surface area contributed by atoms with E-state index in [4.69, 9.17) is 5.26 Å². The van der Waals surface area contributed by atoms with Gasteiger partial charge in [-0.25, -0.2) is 4.98 Å². The lowest BCUT2D eigenvalue weighted by Gasteiger charge is -2.07. The molecular formula is C15H18N4. The summed E-state index contributed by atoms with van der Waals surface area (Å²) in [6.45, 7) is 5.04. The lowest BCUT2D eigenvalue weighted by Crippen LogP contribution is -2.17. The highest BCUT2D eigenvalue weighted by molar-refractivity contribution is 5.81. The van der Waals surface area contributed by atoms with E-state index in [0.717, 1.165) is 42.8 Å². The minimum absolute atomic E-state index is 0.667. The van der Waals surface area contributed by atoms with E-state index in [-0.39, 0.29) is 0 Å². The van der Waals surface area contributed by atoms with E-state index in [1.807, 2.05) is 24.3 Å². The minimum Gasteiger partial charge on any atom is -0.370 e. The van der Waals surface area contributed by atoms with Gasteiger partial charge in [0.1, 0.15) is 5.82 Å². The van der Waals surface area contributed by atoms with Crippen molar-refractivity contribution >= 4 is 16.7 Å². The Labute approximate surface area is 113 Å². The van der Waals surface area contributed by atoms with Crippen LogP contribution in [-0.2, 0) is 0 Å². The monoisotopic (exact) mass is 254 g/mol. The van der Waals surface area contributed by atoms with Crippen LogP contribution in [0.25, 0.3) is 10.9 Å². The number of anilines is 1. The first kappa shape index (κ1) is 13.3. The van der Waals surface area contributed by atoms with Crippen molar-refractivity contribution in [1.82, 2.24) is 10.3 Å². The fraction of sp³-hybridized carbons (Fsp3) is 0.333.